The lowest BCUT2D eigenvalue weighted by Crippen LogP contribution is -2.49. The van der Waals surface area contributed by atoms with E-state index in [9.17, 15) is 5.11 Å². The van der Waals surface area contributed by atoms with Crippen LogP contribution in [0.4, 0.5) is 0 Å². The maximum absolute atomic E-state index is 9.95. The Morgan fingerprint density at radius 2 is 1.52 bits per heavy atom. The monoisotopic (exact) mass is 360 g/mol. The molecule has 2 aromatic rings. The van der Waals surface area contributed by atoms with Crippen LogP contribution in [0.5, 0.6) is 0 Å². The predicted molar refractivity (Wildman–Crippen MR) is 107 cm³/mol. The first kappa shape index (κ1) is 19.9. The van der Waals surface area contributed by atoms with Crippen molar-refractivity contribution in [3.63, 3.8) is 0 Å². The average molecular weight is 361 g/mol. The van der Waals surface area contributed by atoms with Gasteiger partial charge in [-0.1, -0.05) is 68.4 Å². The molecule has 0 aromatic heterocycles. The quantitative estimate of drug-likeness (QED) is 0.852. The lowest BCUT2D eigenvalue weighted by molar-refractivity contribution is 0.0305. The summed E-state index contributed by atoms with van der Waals surface area (Å²) in [7, 11) is 0. The van der Waals surface area contributed by atoms with Crippen LogP contribution in [-0.2, 0) is 0 Å². The van der Waals surface area contributed by atoms with Crippen molar-refractivity contribution in [2.45, 2.75) is 19.9 Å². The van der Waals surface area contributed by atoms with Crippen LogP contribution in [0.25, 0.3) is 11.1 Å². The zero-order chi connectivity index (χ0) is 17.0. The van der Waals surface area contributed by atoms with Gasteiger partial charge in [0.1, 0.15) is 0 Å². The first-order valence-electron chi connectivity index (χ1n) is 8.83. The molecule has 1 aliphatic heterocycles. The Balaban J connectivity index is 0.00000225. The molecule has 1 saturated heterocycles. The van der Waals surface area contributed by atoms with Gasteiger partial charge in [-0.3, -0.25) is 4.90 Å². The van der Waals surface area contributed by atoms with Crippen LogP contribution in [0.3, 0.4) is 0 Å². The number of benzene rings is 2. The van der Waals surface area contributed by atoms with Crippen molar-refractivity contribution in [1.82, 2.24) is 10.2 Å². The average Bonchev–Trinajstić information content (AvgIpc) is 2.64. The van der Waals surface area contributed by atoms with E-state index in [0.29, 0.717) is 0 Å². The first-order valence-corrected chi connectivity index (χ1v) is 8.83. The largest absolute Gasteiger partial charge is 0.396 e. The zero-order valence-electron chi connectivity index (χ0n) is 15.1. The van der Waals surface area contributed by atoms with Gasteiger partial charge in [-0.15, -0.1) is 12.4 Å². The normalized spacial score (nSPS) is 16.9. The fraction of sp³-hybridized carbons (Fsp3) is 0.429. The van der Waals surface area contributed by atoms with Crippen molar-refractivity contribution in [2.24, 2.45) is 5.41 Å². The molecule has 4 heteroatoms. The van der Waals surface area contributed by atoms with Crippen LogP contribution in [0.15, 0.2) is 54.6 Å². The van der Waals surface area contributed by atoms with Crippen molar-refractivity contribution >= 4 is 12.4 Å². The van der Waals surface area contributed by atoms with E-state index in [2.05, 4.69) is 72.6 Å². The molecule has 1 heterocycles. The van der Waals surface area contributed by atoms with Gasteiger partial charge >= 0.3 is 0 Å². The van der Waals surface area contributed by atoms with E-state index in [1.54, 1.807) is 0 Å². The van der Waals surface area contributed by atoms with Crippen LogP contribution in [-0.4, -0.2) is 42.8 Å². The second-order valence-electron chi connectivity index (χ2n) is 7.32. The number of piperazine rings is 1. The number of halogens is 1. The van der Waals surface area contributed by atoms with Gasteiger partial charge in [-0.2, -0.15) is 0 Å². The van der Waals surface area contributed by atoms with E-state index in [-0.39, 0.29) is 30.5 Å². The zero-order valence-corrected chi connectivity index (χ0v) is 15.9. The summed E-state index contributed by atoms with van der Waals surface area (Å²) in [5.74, 6) is 0. The summed E-state index contributed by atoms with van der Waals surface area (Å²) < 4.78 is 0. The Labute approximate surface area is 157 Å². The molecule has 0 bridgehead atoms. The second kappa shape index (κ2) is 8.81. The Kier molecular flexibility index (Phi) is 7.03. The molecular weight excluding hydrogens is 332 g/mol. The Bertz CT molecular complexity index is 637. The van der Waals surface area contributed by atoms with E-state index in [4.69, 9.17) is 0 Å². The maximum Gasteiger partial charge on any atom is 0.0500 e. The minimum atomic E-state index is -0.175. The van der Waals surface area contributed by atoms with Crippen molar-refractivity contribution in [1.29, 1.82) is 0 Å². The molecule has 3 nitrogen and oxygen atoms in total. The third-order valence-corrected chi connectivity index (χ3v) is 5.00. The fourth-order valence-corrected chi connectivity index (χ4v) is 3.67. The van der Waals surface area contributed by atoms with Crippen molar-refractivity contribution in [2.75, 3.05) is 32.8 Å². The smallest absolute Gasteiger partial charge is 0.0500 e. The molecule has 136 valence electrons. The third-order valence-electron chi connectivity index (χ3n) is 5.00. The van der Waals surface area contributed by atoms with Gasteiger partial charge in [0.2, 0.25) is 0 Å². The Morgan fingerprint density at radius 3 is 2.08 bits per heavy atom. The lowest BCUT2D eigenvalue weighted by atomic mass is 9.79. The van der Waals surface area contributed by atoms with E-state index in [0.717, 1.165) is 26.2 Å². The number of nitrogens with zero attached hydrogens (tertiary/aromatic N) is 1. The maximum atomic E-state index is 9.95. The summed E-state index contributed by atoms with van der Waals surface area (Å²) >= 11 is 0. The minimum Gasteiger partial charge on any atom is -0.396 e. The Hall–Kier alpha value is -1.39. The number of rotatable bonds is 5. The Morgan fingerprint density at radius 1 is 0.960 bits per heavy atom. The molecule has 0 spiro atoms. The molecule has 3 rings (SSSR count). The molecular formula is C21H29ClN2O. The summed E-state index contributed by atoms with van der Waals surface area (Å²) in [4.78, 5) is 2.50. The molecule has 1 aliphatic rings. The summed E-state index contributed by atoms with van der Waals surface area (Å²) in [6, 6.07) is 19.6. The van der Waals surface area contributed by atoms with Gasteiger partial charge in [0, 0.05) is 44.2 Å². The molecule has 0 aliphatic carbocycles. The van der Waals surface area contributed by atoms with E-state index in [1.807, 2.05) is 6.07 Å². The molecule has 25 heavy (non-hydrogen) atoms. The molecule has 2 N–H and O–H groups in total. The highest BCUT2D eigenvalue weighted by Crippen LogP contribution is 2.38. The topological polar surface area (TPSA) is 35.5 Å². The van der Waals surface area contributed by atoms with Crippen LogP contribution in [0, 0.1) is 5.41 Å². The molecule has 0 saturated carbocycles. The number of hydrogen-bond donors (Lipinski definition) is 2. The van der Waals surface area contributed by atoms with Crippen LogP contribution >= 0.6 is 12.4 Å². The van der Waals surface area contributed by atoms with Crippen LogP contribution < -0.4 is 5.32 Å². The highest BCUT2D eigenvalue weighted by Gasteiger charge is 2.35. The van der Waals surface area contributed by atoms with E-state index < -0.39 is 0 Å². The van der Waals surface area contributed by atoms with Gasteiger partial charge in [0.05, 0.1) is 0 Å². The van der Waals surface area contributed by atoms with Crippen molar-refractivity contribution in [3.05, 3.63) is 60.2 Å². The number of aliphatic hydroxyl groups is 1. The van der Waals surface area contributed by atoms with Gasteiger partial charge in [0.15, 0.2) is 0 Å². The molecule has 2 aromatic carbocycles. The summed E-state index contributed by atoms with van der Waals surface area (Å²) in [6.45, 7) is 8.57. The fourth-order valence-electron chi connectivity index (χ4n) is 3.67. The minimum absolute atomic E-state index is 0. The standard InChI is InChI=1S/C21H28N2O.ClH/c1-21(2,16-24)20(23-14-12-22-13-15-23)19-10-8-18(9-11-19)17-6-4-3-5-7-17;/h3-11,20,22,24H,12-16H2,1-2H3;1H/t20-;/m0./s1. The molecule has 1 atom stereocenters. The number of hydrogen-bond acceptors (Lipinski definition) is 3. The summed E-state index contributed by atoms with van der Waals surface area (Å²) in [6.07, 6.45) is 0. The van der Waals surface area contributed by atoms with E-state index in [1.165, 1.54) is 16.7 Å². The highest BCUT2D eigenvalue weighted by molar-refractivity contribution is 5.85. The summed E-state index contributed by atoms with van der Waals surface area (Å²) in [5, 5.41) is 13.4. The number of nitrogens with one attached hydrogen (secondary N) is 1. The SMILES string of the molecule is CC(C)(CO)[C@H](c1ccc(-c2ccccc2)cc1)N1CCNCC1.Cl. The van der Waals surface area contributed by atoms with Gasteiger partial charge in [-0.25, -0.2) is 0 Å². The second-order valence-corrected chi connectivity index (χ2v) is 7.32. The van der Waals surface area contributed by atoms with Crippen molar-refractivity contribution in [3.8, 4) is 11.1 Å². The molecule has 0 amide bonds. The van der Waals surface area contributed by atoms with Crippen LogP contribution in [0.2, 0.25) is 0 Å². The first-order chi connectivity index (χ1) is 11.6. The van der Waals surface area contributed by atoms with Gasteiger partial charge < -0.3 is 10.4 Å². The lowest BCUT2D eigenvalue weighted by Gasteiger charge is -2.43. The van der Waals surface area contributed by atoms with Gasteiger partial charge in [0.25, 0.3) is 0 Å². The van der Waals surface area contributed by atoms with E-state index >= 15 is 0 Å². The molecule has 0 unspecified atom stereocenters. The van der Waals surface area contributed by atoms with Gasteiger partial charge in [-0.05, 0) is 16.7 Å². The predicted octanol–water partition coefficient (Wildman–Crippen LogP) is 3.74. The van der Waals surface area contributed by atoms with Crippen molar-refractivity contribution < 1.29 is 5.11 Å². The third kappa shape index (κ3) is 4.62. The number of aliphatic hydroxyl groups excluding tert-OH is 1. The molecule has 1 fully saturated rings. The molecule has 0 radical (unpaired) electrons. The summed E-state index contributed by atoms with van der Waals surface area (Å²) in [5.41, 5.74) is 3.59. The highest BCUT2D eigenvalue weighted by atomic mass is 35.5. The van der Waals surface area contributed by atoms with Crippen LogP contribution in [0.1, 0.15) is 25.5 Å².